The molecule has 154 valence electrons. The average molecular weight is 414 g/mol. The fraction of sp³-hybridized carbons (Fsp3) is 0.0800. The van der Waals surface area contributed by atoms with Gasteiger partial charge in [-0.25, -0.2) is 13.5 Å². The molecule has 31 heavy (non-hydrogen) atoms. The molecule has 0 saturated carbocycles. The number of hydrogen-bond acceptors (Lipinski definition) is 2. The number of nitrogens with one attached hydrogen (secondary N) is 2. The van der Waals surface area contributed by atoms with Crippen LogP contribution in [0.2, 0.25) is 0 Å². The standard InChI is InChI=1S/C25H20F2N4/c1-15-6-12-22(28-15)17-7-10-19(11-8-17)29-23-5-3-4-20-16(2)31(30-25(20)23)24-13-9-18(26)14-21(24)27/h3-14,28-29H,1-2H3. The van der Waals surface area contributed by atoms with Gasteiger partial charge in [-0.1, -0.05) is 24.3 Å². The summed E-state index contributed by atoms with van der Waals surface area (Å²) in [5.74, 6) is -1.27. The highest BCUT2D eigenvalue weighted by Gasteiger charge is 2.15. The van der Waals surface area contributed by atoms with Gasteiger partial charge in [0.05, 0.1) is 5.69 Å². The molecule has 0 aliphatic heterocycles. The lowest BCUT2D eigenvalue weighted by Gasteiger charge is -2.08. The van der Waals surface area contributed by atoms with Crippen molar-refractivity contribution in [2.24, 2.45) is 0 Å². The van der Waals surface area contributed by atoms with Gasteiger partial charge >= 0.3 is 0 Å². The summed E-state index contributed by atoms with van der Waals surface area (Å²) in [6.07, 6.45) is 0. The fourth-order valence-electron chi connectivity index (χ4n) is 3.78. The van der Waals surface area contributed by atoms with E-state index in [2.05, 4.69) is 21.5 Å². The van der Waals surface area contributed by atoms with Crippen molar-refractivity contribution < 1.29 is 8.78 Å². The van der Waals surface area contributed by atoms with Crippen LogP contribution in [0.5, 0.6) is 0 Å². The number of fused-ring (bicyclic) bond motifs is 1. The number of rotatable bonds is 4. The third-order valence-electron chi connectivity index (χ3n) is 5.39. The third kappa shape index (κ3) is 3.46. The van der Waals surface area contributed by atoms with E-state index in [-0.39, 0.29) is 5.69 Å². The molecule has 5 aromatic rings. The molecule has 0 atom stereocenters. The van der Waals surface area contributed by atoms with Crippen molar-refractivity contribution in [3.05, 3.63) is 95.8 Å². The van der Waals surface area contributed by atoms with Crippen molar-refractivity contribution in [2.75, 3.05) is 5.32 Å². The summed E-state index contributed by atoms with van der Waals surface area (Å²) >= 11 is 0. The molecule has 4 nitrogen and oxygen atoms in total. The Bertz CT molecular complexity index is 1400. The van der Waals surface area contributed by atoms with Crippen LogP contribution in [-0.4, -0.2) is 14.8 Å². The number of halogens is 2. The lowest BCUT2D eigenvalue weighted by molar-refractivity contribution is 0.573. The Labute approximate surface area is 178 Å². The van der Waals surface area contributed by atoms with Gasteiger partial charge in [-0.15, -0.1) is 0 Å². The van der Waals surface area contributed by atoms with Crippen molar-refractivity contribution in [1.82, 2.24) is 14.8 Å². The van der Waals surface area contributed by atoms with Crippen LogP contribution in [0, 0.1) is 25.5 Å². The first-order valence-electron chi connectivity index (χ1n) is 9.96. The summed E-state index contributed by atoms with van der Waals surface area (Å²) in [7, 11) is 0. The number of nitrogens with zero attached hydrogens (tertiary/aromatic N) is 2. The number of aryl methyl sites for hydroxylation is 2. The normalized spacial score (nSPS) is 11.2. The maximum atomic E-state index is 14.4. The van der Waals surface area contributed by atoms with Crippen LogP contribution in [0.25, 0.3) is 27.8 Å². The maximum Gasteiger partial charge on any atom is 0.151 e. The first kappa shape index (κ1) is 19.1. The summed E-state index contributed by atoms with van der Waals surface area (Å²) < 4.78 is 29.2. The van der Waals surface area contributed by atoms with Gasteiger partial charge in [0.25, 0.3) is 0 Å². The Morgan fingerprint density at radius 2 is 1.71 bits per heavy atom. The molecule has 2 aromatic heterocycles. The minimum atomic E-state index is -0.652. The highest BCUT2D eigenvalue weighted by atomic mass is 19.1. The summed E-state index contributed by atoms with van der Waals surface area (Å²) in [5.41, 5.74) is 6.73. The lowest BCUT2D eigenvalue weighted by atomic mass is 10.1. The van der Waals surface area contributed by atoms with E-state index in [1.807, 2.05) is 62.4 Å². The molecule has 3 aromatic carbocycles. The third-order valence-corrected chi connectivity index (χ3v) is 5.39. The van der Waals surface area contributed by atoms with E-state index in [4.69, 9.17) is 0 Å². The Kier molecular flexibility index (Phi) is 4.55. The Hall–Kier alpha value is -3.93. The molecule has 0 aliphatic carbocycles. The van der Waals surface area contributed by atoms with Gasteiger partial charge in [-0.05, 0) is 61.9 Å². The average Bonchev–Trinajstić information content (AvgIpc) is 3.33. The SMILES string of the molecule is Cc1ccc(-c2ccc(Nc3cccc4c(C)n(-c5ccc(F)cc5F)nc34)cc2)[nH]1. The van der Waals surface area contributed by atoms with Gasteiger partial charge in [0, 0.05) is 34.2 Å². The van der Waals surface area contributed by atoms with Crippen molar-refractivity contribution >= 4 is 22.3 Å². The predicted molar refractivity (Wildman–Crippen MR) is 120 cm³/mol. The van der Waals surface area contributed by atoms with Crippen LogP contribution in [0.3, 0.4) is 0 Å². The summed E-state index contributed by atoms with van der Waals surface area (Å²) in [5, 5.41) is 8.93. The second kappa shape index (κ2) is 7.40. The summed E-state index contributed by atoms with van der Waals surface area (Å²) in [6.45, 7) is 3.90. The first-order chi connectivity index (χ1) is 15.0. The number of hydrogen-bond donors (Lipinski definition) is 2. The van der Waals surface area contributed by atoms with Gasteiger partial charge in [0.15, 0.2) is 5.82 Å². The zero-order valence-electron chi connectivity index (χ0n) is 17.1. The molecule has 0 bridgehead atoms. The molecule has 2 N–H and O–H groups in total. The Morgan fingerprint density at radius 1 is 0.903 bits per heavy atom. The highest BCUT2D eigenvalue weighted by Crippen LogP contribution is 2.30. The van der Waals surface area contributed by atoms with Gasteiger partial charge < -0.3 is 10.3 Å². The van der Waals surface area contributed by atoms with E-state index in [1.165, 1.54) is 16.8 Å². The molecule has 0 aliphatic rings. The zero-order valence-corrected chi connectivity index (χ0v) is 17.1. The number of H-pyrrole nitrogens is 1. The van der Waals surface area contributed by atoms with Crippen molar-refractivity contribution in [1.29, 1.82) is 0 Å². The van der Waals surface area contributed by atoms with E-state index >= 15 is 0 Å². The van der Waals surface area contributed by atoms with E-state index in [1.54, 1.807) is 0 Å². The highest BCUT2D eigenvalue weighted by molar-refractivity contribution is 5.94. The van der Waals surface area contributed by atoms with E-state index in [0.29, 0.717) is 5.52 Å². The molecule has 0 radical (unpaired) electrons. The minimum absolute atomic E-state index is 0.214. The number of anilines is 2. The van der Waals surface area contributed by atoms with Crippen LogP contribution in [0.4, 0.5) is 20.2 Å². The van der Waals surface area contributed by atoms with Gasteiger partial charge in [0.2, 0.25) is 0 Å². The van der Waals surface area contributed by atoms with Crippen LogP contribution in [-0.2, 0) is 0 Å². The summed E-state index contributed by atoms with van der Waals surface area (Å²) in [4.78, 5) is 3.33. The molecule has 2 heterocycles. The van der Waals surface area contributed by atoms with E-state index in [0.717, 1.165) is 45.5 Å². The summed E-state index contributed by atoms with van der Waals surface area (Å²) in [6, 6.07) is 21.5. The van der Waals surface area contributed by atoms with Crippen LogP contribution >= 0.6 is 0 Å². The fourth-order valence-corrected chi connectivity index (χ4v) is 3.78. The molecular formula is C25H20F2N4. The monoisotopic (exact) mass is 414 g/mol. The Morgan fingerprint density at radius 3 is 2.42 bits per heavy atom. The van der Waals surface area contributed by atoms with Crippen LogP contribution < -0.4 is 5.32 Å². The van der Waals surface area contributed by atoms with Gasteiger partial charge in [0.1, 0.15) is 17.0 Å². The molecule has 0 fully saturated rings. The minimum Gasteiger partial charge on any atom is -0.359 e. The quantitative estimate of drug-likeness (QED) is 0.345. The molecular weight excluding hydrogens is 394 g/mol. The largest absolute Gasteiger partial charge is 0.359 e. The lowest BCUT2D eigenvalue weighted by Crippen LogP contribution is -2.02. The van der Waals surface area contributed by atoms with E-state index < -0.39 is 11.6 Å². The molecule has 6 heteroatoms. The van der Waals surface area contributed by atoms with Crippen LogP contribution in [0.15, 0.2) is 72.8 Å². The maximum absolute atomic E-state index is 14.4. The molecule has 0 spiro atoms. The van der Waals surface area contributed by atoms with Gasteiger partial charge in [-0.3, -0.25) is 0 Å². The first-order valence-corrected chi connectivity index (χ1v) is 9.96. The predicted octanol–water partition coefficient (Wildman–Crippen LogP) is 6.66. The van der Waals surface area contributed by atoms with E-state index in [9.17, 15) is 8.78 Å². The molecule has 5 rings (SSSR count). The van der Waals surface area contributed by atoms with Crippen molar-refractivity contribution in [3.8, 4) is 16.9 Å². The zero-order chi connectivity index (χ0) is 21.5. The second-order valence-corrected chi connectivity index (χ2v) is 7.55. The number of aromatic nitrogens is 3. The Balaban J connectivity index is 1.51. The number of aromatic amines is 1. The molecule has 0 saturated heterocycles. The number of benzene rings is 3. The molecule has 0 unspecified atom stereocenters. The van der Waals surface area contributed by atoms with Crippen molar-refractivity contribution in [2.45, 2.75) is 13.8 Å². The van der Waals surface area contributed by atoms with Crippen molar-refractivity contribution in [3.63, 3.8) is 0 Å². The second-order valence-electron chi connectivity index (χ2n) is 7.55. The smallest absolute Gasteiger partial charge is 0.151 e. The molecule has 0 amide bonds. The van der Waals surface area contributed by atoms with Crippen LogP contribution in [0.1, 0.15) is 11.4 Å². The topological polar surface area (TPSA) is 45.6 Å². The van der Waals surface area contributed by atoms with Gasteiger partial charge in [-0.2, -0.15) is 5.10 Å².